The predicted molar refractivity (Wildman–Crippen MR) is 70.9 cm³/mol. The summed E-state index contributed by atoms with van der Waals surface area (Å²) >= 11 is 1.80. The second kappa shape index (κ2) is 6.38. The average molecular weight is 238 g/mol. The van der Waals surface area contributed by atoms with E-state index in [4.69, 9.17) is 0 Å². The van der Waals surface area contributed by atoms with Crippen LogP contribution >= 0.6 is 11.3 Å². The molecular weight excluding hydrogens is 216 g/mol. The molecule has 2 nitrogen and oxygen atoms in total. The van der Waals surface area contributed by atoms with E-state index in [1.165, 1.54) is 44.5 Å². The number of nitrogens with one attached hydrogen (secondary N) is 1. The van der Waals surface area contributed by atoms with Crippen molar-refractivity contribution in [3.8, 4) is 0 Å². The molecule has 1 fully saturated rings. The first-order chi connectivity index (χ1) is 7.88. The van der Waals surface area contributed by atoms with Gasteiger partial charge in [0.1, 0.15) is 0 Å². The predicted octanol–water partition coefficient (Wildman–Crippen LogP) is 2.71. The molecule has 3 heteroatoms. The van der Waals surface area contributed by atoms with E-state index in [0.717, 1.165) is 12.6 Å². The quantitative estimate of drug-likeness (QED) is 0.848. The summed E-state index contributed by atoms with van der Waals surface area (Å²) in [6.45, 7) is 7.05. The Balaban J connectivity index is 1.69. The summed E-state index contributed by atoms with van der Waals surface area (Å²) in [4.78, 5) is 2.58. The van der Waals surface area contributed by atoms with Crippen molar-refractivity contribution in [2.75, 3.05) is 19.6 Å². The molecule has 1 saturated heterocycles. The number of hydrogen-bond acceptors (Lipinski definition) is 3. The summed E-state index contributed by atoms with van der Waals surface area (Å²) < 4.78 is 0. The molecule has 1 aromatic heterocycles. The third-order valence-corrected chi connectivity index (χ3v) is 3.99. The highest BCUT2D eigenvalue weighted by Crippen LogP contribution is 2.15. The normalized spacial score (nSPS) is 19.1. The monoisotopic (exact) mass is 238 g/mol. The van der Waals surface area contributed by atoms with Gasteiger partial charge >= 0.3 is 0 Å². The third kappa shape index (κ3) is 3.58. The summed E-state index contributed by atoms with van der Waals surface area (Å²) in [7, 11) is 0. The minimum absolute atomic E-state index is 0.763. The molecule has 1 aliphatic rings. The van der Waals surface area contributed by atoms with Gasteiger partial charge in [0.25, 0.3) is 0 Å². The lowest BCUT2D eigenvalue weighted by Gasteiger charge is -2.32. The van der Waals surface area contributed by atoms with E-state index in [9.17, 15) is 0 Å². The van der Waals surface area contributed by atoms with Crippen molar-refractivity contribution in [3.05, 3.63) is 22.4 Å². The van der Waals surface area contributed by atoms with Gasteiger partial charge in [0.15, 0.2) is 0 Å². The molecule has 0 unspecified atom stereocenters. The zero-order valence-electron chi connectivity index (χ0n) is 10.1. The number of likely N-dealkylation sites (tertiary alicyclic amines) is 1. The molecule has 16 heavy (non-hydrogen) atoms. The van der Waals surface area contributed by atoms with Gasteiger partial charge in [-0.2, -0.15) is 11.3 Å². The smallest absolute Gasteiger partial charge is 0.0242 e. The summed E-state index contributed by atoms with van der Waals surface area (Å²) in [5.74, 6) is 0. The van der Waals surface area contributed by atoms with Crippen LogP contribution in [0.4, 0.5) is 0 Å². The second-order valence-corrected chi connectivity index (χ2v) is 5.42. The van der Waals surface area contributed by atoms with Crippen LogP contribution in [0.2, 0.25) is 0 Å². The van der Waals surface area contributed by atoms with E-state index in [2.05, 4.69) is 34.0 Å². The molecule has 0 atom stereocenters. The number of rotatable bonds is 5. The maximum atomic E-state index is 3.63. The van der Waals surface area contributed by atoms with Gasteiger partial charge in [0.05, 0.1) is 0 Å². The van der Waals surface area contributed by atoms with Gasteiger partial charge in [0.2, 0.25) is 0 Å². The summed E-state index contributed by atoms with van der Waals surface area (Å²) in [5.41, 5.74) is 1.48. The lowest BCUT2D eigenvalue weighted by Crippen LogP contribution is -2.42. The second-order valence-electron chi connectivity index (χ2n) is 4.64. The van der Waals surface area contributed by atoms with Crippen LogP contribution in [0.25, 0.3) is 0 Å². The fourth-order valence-corrected chi connectivity index (χ4v) is 2.94. The minimum Gasteiger partial charge on any atom is -0.314 e. The van der Waals surface area contributed by atoms with E-state index >= 15 is 0 Å². The van der Waals surface area contributed by atoms with Gasteiger partial charge in [-0.25, -0.2) is 0 Å². The minimum atomic E-state index is 0.763. The molecule has 0 amide bonds. The van der Waals surface area contributed by atoms with E-state index in [1.54, 1.807) is 11.3 Å². The maximum absolute atomic E-state index is 3.63. The van der Waals surface area contributed by atoms with Gasteiger partial charge in [0, 0.05) is 12.6 Å². The maximum Gasteiger partial charge on any atom is 0.0242 e. The summed E-state index contributed by atoms with van der Waals surface area (Å²) in [5, 5.41) is 8.06. The SMILES string of the molecule is CCCNC1CCN(Cc2ccsc2)CC1. The molecule has 2 heterocycles. The zero-order valence-corrected chi connectivity index (χ0v) is 10.9. The highest BCUT2D eigenvalue weighted by atomic mass is 32.1. The molecule has 0 aromatic carbocycles. The molecule has 1 N–H and O–H groups in total. The van der Waals surface area contributed by atoms with Crippen LogP contribution in [0, 0.1) is 0 Å². The Kier molecular flexibility index (Phi) is 4.82. The van der Waals surface area contributed by atoms with Crippen LogP contribution in [0.5, 0.6) is 0 Å². The van der Waals surface area contributed by atoms with Crippen LogP contribution in [-0.2, 0) is 6.54 Å². The molecule has 0 saturated carbocycles. The molecule has 0 spiro atoms. The third-order valence-electron chi connectivity index (χ3n) is 3.26. The molecule has 1 aromatic rings. The zero-order chi connectivity index (χ0) is 11.2. The summed E-state index contributed by atoms with van der Waals surface area (Å²) in [6, 6.07) is 3.00. The Morgan fingerprint density at radius 3 is 2.88 bits per heavy atom. The van der Waals surface area contributed by atoms with Gasteiger partial charge in [-0.15, -0.1) is 0 Å². The van der Waals surface area contributed by atoms with Gasteiger partial charge in [-0.1, -0.05) is 6.92 Å². The van der Waals surface area contributed by atoms with Crippen molar-refractivity contribution in [2.45, 2.75) is 38.8 Å². The van der Waals surface area contributed by atoms with Gasteiger partial charge in [-0.05, 0) is 61.3 Å². The van der Waals surface area contributed by atoms with Crippen molar-refractivity contribution in [1.82, 2.24) is 10.2 Å². The largest absolute Gasteiger partial charge is 0.314 e. The fourth-order valence-electron chi connectivity index (χ4n) is 2.28. The fraction of sp³-hybridized carbons (Fsp3) is 0.692. The number of piperidine rings is 1. The van der Waals surface area contributed by atoms with Crippen LogP contribution in [-0.4, -0.2) is 30.6 Å². The highest BCUT2D eigenvalue weighted by Gasteiger charge is 2.18. The van der Waals surface area contributed by atoms with E-state index in [1.807, 2.05) is 0 Å². The van der Waals surface area contributed by atoms with Crippen LogP contribution in [0.3, 0.4) is 0 Å². The van der Waals surface area contributed by atoms with E-state index < -0.39 is 0 Å². The van der Waals surface area contributed by atoms with E-state index in [0.29, 0.717) is 0 Å². The average Bonchev–Trinajstić information content (AvgIpc) is 2.81. The van der Waals surface area contributed by atoms with Crippen molar-refractivity contribution < 1.29 is 0 Å². The Hall–Kier alpha value is -0.380. The van der Waals surface area contributed by atoms with Crippen LogP contribution < -0.4 is 5.32 Å². The standard InChI is InChI=1S/C13H22N2S/c1-2-6-14-13-3-7-15(8-4-13)10-12-5-9-16-11-12/h5,9,11,13-14H,2-4,6-8,10H2,1H3. The lowest BCUT2D eigenvalue weighted by molar-refractivity contribution is 0.191. The molecule has 0 aliphatic carbocycles. The van der Waals surface area contributed by atoms with Gasteiger partial charge < -0.3 is 5.32 Å². The molecule has 0 bridgehead atoms. The first kappa shape index (κ1) is 12.1. The van der Waals surface area contributed by atoms with Crippen LogP contribution in [0.1, 0.15) is 31.7 Å². The Bertz CT molecular complexity index is 276. The highest BCUT2D eigenvalue weighted by molar-refractivity contribution is 7.07. The molecule has 1 aliphatic heterocycles. The Morgan fingerprint density at radius 2 is 2.25 bits per heavy atom. The topological polar surface area (TPSA) is 15.3 Å². The Labute approximate surface area is 103 Å². The first-order valence-corrected chi connectivity index (χ1v) is 7.29. The van der Waals surface area contributed by atoms with Crippen molar-refractivity contribution >= 4 is 11.3 Å². The number of thiophene rings is 1. The number of nitrogens with zero attached hydrogens (tertiary/aromatic N) is 1. The van der Waals surface area contributed by atoms with Crippen molar-refractivity contribution in [3.63, 3.8) is 0 Å². The summed E-state index contributed by atoms with van der Waals surface area (Å²) in [6.07, 6.45) is 3.86. The van der Waals surface area contributed by atoms with Crippen molar-refractivity contribution in [1.29, 1.82) is 0 Å². The van der Waals surface area contributed by atoms with E-state index in [-0.39, 0.29) is 0 Å². The van der Waals surface area contributed by atoms with Crippen molar-refractivity contribution in [2.24, 2.45) is 0 Å². The van der Waals surface area contributed by atoms with Crippen LogP contribution in [0.15, 0.2) is 16.8 Å². The lowest BCUT2D eigenvalue weighted by atomic mass is 10.0. The molecule has 0 radical (unpaired) electrons. The first-order valence-electron chi connectivity index (χ1n) is 6.35. The molecule has 90 valence electrons. The molecule has 2 rings (SSSR count). The number of hydrogen-bond donors (Lipinski definition) is 1. The molecular formula is C13H22N2S. The van der Waals surface area contributed by atoms with Gasteiger partial charge in [-0.3, -0.25) is 4.90 Å². The Morgan fingerprint density at radius 1 is 1.44 bits per heavy atom.